The Morgan fingerprint density at radius 3 is 1.80 bits per heavy atom. The van der Waals surface area contributed by atoms with Gasteiger partial charge in [-0.25, -0.2) is 0 Å². The van der Waals surface area contributed by atoms with Crippen LogP contribution in [0.2, 0.25) is 0 Å². The molecule has 0 aliphatic heterocycles. The van der Waals surface area contributed by atoms with Crippen LogP contribution in [0.15, 0.2) is 12.2 Å². The van der Waals surface area contributed by atoms with Crippen molar-refractivity contribution in [2.45, 2.75) is 33.6 Å². The molecule has 0 aromatic rings. The fourth-order valence-electron chi connectivity index (χ4n) is 0.214. The van der Waals surface area contributed by atoms with E-state index >= 15 is 0 Å². The molecule has 0 aromatic heterocycles. The average Bonchev–Trinajstić information content (AvgIpc) is 1.62. The maximum Gasteiger partial charge on any atom is 0.303 e. The Balaban J connectivity index is 0. The minimum atomic E-state index is -0.711. The molecule has 0 radical (unpaired) electrons. The van der Waals surface area contributed by atoms with Gasteiger partial charge in [-0.05, 0) is 20.3 Å². The van der Waals surface area contributed by atoms with Crippen molar-refractivity contribution < 1.29 is 9.90 Å². The van der Waals surface area contributed by atoms with E-state index in [9.17, 15) is 4.79 Å². The SMILES string of the molecule is C=C(C)C.CCCC(=O)O. The van der Waals surface area contributed by atoms with E-state index in [0.717, 1.165) is 6.42 Å². The third-order valence-electron chi connectivity index (χ3n) is 0.464. The molecule has 0 atom stereocenters. The Kier molecular flexibility index (Phi) is 9.80. The van der Waals surface area contributed by atoms with E-state index in [0.29, 0.717) is 6.42 Å². The van der Waals surface area contributed by atoms with Crippen molar-refractivity contribution in [1.82, 2.24) is 0 Å². The van der Waals surface area contributed by atoms with Crippen LogP contribution in [-0.4, -0.2) is 11.1 Å². The zero-order valence-electron chi connectivity index (χ0n) is 6.98. The Morgan fingerprint density at radius 1 is 1.50 bits per heavy atom. The van der Waals surface area contributed by atoms with E-state index in [2.05, 4.69) is 6.58 Å². The summed E-state index contributed by atoms with van der Waals surface area (Å²) < 4.78 is 0. The largest absolute Gasteiger partial charge is 0.481 e. The molecule has 60 valence electrons. The monoisotopic (exact) mass is 144 g/mol. The highest BCUT2D eigenvalue weighted by Crippen LogP contribution is 1.82. The predicted octanol–water partition coefficient (Wildman–Crippen LogP) is 2.45. The molecule has 0 rings (SSSR count). The lowest BCUT2D eigenvalue weighted by Gasteiger charge is -1.79. The van der Waals surface area contributed by atoms with Gasteiger partial charge in [-0.2, -0.15) is 0 Å². The van der Waals surface area contributed by atoms with E-state index in [4.69, 9.17) is 5.11 Å². The van der Waals surface area contributed by atoms with Crippen molar-refractivity contribution in [3.05, 3.63) is 12.2 Å². The average molecular weight is 144 g/mol. The Hall–Kier alpha value is -0.790. The maximum absolute atomic E-state index is 9.60. The summed E-state index contributed by atoms with van der Waals surface area (Å²) in [6.07, 6.45) is 1.02. The summed E-state index contributed by atoms with van der Waals surface area (Å²) in [5, 5.41) is 7.91. The van der Waals surface area contributed by atoms with Crippen LogP contribution in [0.3, 0.4) is 0 Å². The van der Waals surface area contributed by atoms with E-state index < -0.39 is 5.97 Å². The molecule has 0 fully saturated rings. The third-order valence-corrected chi connectivity index (χ3v) is 0.464. The molecule has 0 spiro atoms. The van der Waals surface area contributed by atoms with Crippen LogP contribution in [0.1, 0.15) is 33.6 Å². The highest BCUT2D eigenvalue weighted by atomic mass is 16.4. The Labute approximate surface area is 62.6 Å². The number of hydrogen-bond donors (Lipinski definition) is 1. The second-order valence-electron chi connectivity index (χ2n) is 2.35. The van der Waals surface area contributed by atoms with E-state index in [1.165, 1.54) is 5.57 Å². The van der Waals surface area contributed by atoms with Crippen LogP contribution in [0, 0.1) is 0 Å². The van der Waals surface area contributed by atoms with Crippen LogP contribution < -0.4 is 0 Å². The number of carboxylic acids is 1. The van der Waals surface area contributed by atoms with Crippen molar-refractivity contribution in [2.75, 3.05) is 0 Å². The predicted molar refractivity (Wildman–Crippen MR) is 43.0 cm³/mol. The molecule has 0 unspecified atom stereocenters. The molecule has 1 N–H and O–H groups in total. The van der Waals surface area contributed by atoms with Crippen LogP contribution in [-0.2, 0) is 4.79 Å². The molecule has 10 heavy (non-hydrogen) atoms. The van der Waals surface area contributed by atoms with E-state index in [-0.39, 0.29) is 0 Å². The lowest BCUT2D eigenvalue weighted by atomic mass is 10.4. The number of carbonyl (C=O) groups is 1. The number of rotatable bonds is 2. The number of aliphatic carboxylic acids is 1. The van der Waals surface area contributed by atoms with Gasteiger partial charge in [0, 0.05) is 6.42 Å². The summed E-state index contributed by atoms with van der Waals surface area (Å²) in [7, 11) is 0. The summed E-state index contributed by atoms with van der Waals surface area (Å²) in [6, 6.07) is 0. The first kappa shape index (κ1) is 11.9. The Bertz CT molecular complexity index is 102. The molecule has 0 bridgehead atoms. The summed E-state index contributed by atoms with van der Waals surface area (Å²) in [6.45, 7) is 9.34. The fourth-order valence-corrected chi connectivity index (χ4v) is 0.214. The van der Waals surface area contributed by atoms with E-state index in [1.54, 1.807) is 0 Å². The molecule has 0 aliphatic rings. The van der Waals surface area contributed by atoms with Crippen molar-refractivity contribution in [3.63, 3.8) is 0 Å². The van der Waals surface area contributed by atoms with Gasteiger partial charge >= 0.3 is 5.97 Å². The lowest BCUT2D eigenvalue weighted by molar-refractivity contribution is -0.137. The zero-order chi connectivity index (χ0) is 8.57. The van der Waals surface area contributed by atoms with Crippen LogP contribution >= 0.6 is 0 Å². The van der Waals surface area contributed by atoms with Gasteiger partial charge < -0.3 is 5.11 Å². The summed E-state index contributed by atoms with van der Waals surface area (Å²) in [5.74, 6) is -0.711. The molecule has 0 saturated carbocycles. The summed E-state index contributed by atoms with van der Waals surface area (Å²) >= 11 is 0. The number of carboxylic acid groups (broad SMARTS) is 1. The van der Waals surface area contributed by atoms with Gasteiger partial charge in [0.05, 0.1) is 0 Å². The van der Waals surface area contributed by atoms with Gasteiger partial charge in [0.2, 0.25) is 0 Å². The first-order valence-corrected chi connectivity index (χ1v) is 3.34. The van der Waals surface area contributed by atoms with Gasteiger partial charge in [-0.15, -0.1) is 6.58 Å². The van der Waals surface area contributed by atoms with Gasteiger partial charge in [-0.3, -0.25) is 4.79 Å². The maximum atomic E-state index is 9.60. The zero-order valence-corrected chi connectivity index (χ0v) is 6.98. The smallest absolute Gasteiger partial charge is 0.303 e. The van der Waals surface area contributed by atoms with Crippen molar-refractivity contribution in [3.8, 4) is 0 Å². The minimum absolute atomic E-state index is 0.292. The second kappa shape index (κ2) is 8.21. The quantitative estimate of drug-likeness (QED) is 0.604. The first-order chi connectivity index (χ1) is 4.50. The molecule has 0 aromatic carbocycles. The molecule has 0 aliphatic carbocycles. The third kappa shape index (κ3) is 56.9. The van der Waals surface area contributed by atoms with Crippen LogP contribution in [0.25, 0.3) is 0 Å². The minimum Gasteiger partial charge on any atom is -0.481 e. The molecular formula is C8H16O2. The van der Waals surface area contributed by atoms with Crippen molar-refractivity contribution >= 4 is 5.97 Å². The highest BCUT2D eigenvalue weighted by molar-refractivity contribution is 5.66. The number of hydrogen-bond acceptors (Lipinski definition) is 1. The lowest BCUT2D eigenvalue weighted by Crippen LogP contribution is -1.90. The van der Waals surface area contributed by atoms with Gasteiger partial charge in [0.15, 0.2) is 0 Å². The highest BCUT2D eigenvalue weighted by Gasteiger charge is 1.87. The molecule has 0 amide bonds. The molecular weight excluding hydrogens is 128 g/mol. The Morgan fingerprint density at radius 2 is 1.80 bits per heavy atom. The fraction of sp³-hybridized carbons (Fsp3) is 0.625. The van der Waals surface area contributed by atoms with Crippen molar-refractivity contribution in [1.29, 1.82) is 0 Å². The molecule has 0 saturated heterocycles. The van der Waals surface area contributed by atoms with Crippen LogP contribution in [0.4, 0.5) is 0 Å². The summed E-state index contributed by atoms with van der Waals surface area (Å²) in [4.78, 5) is 9.60. The summed E-state index contributed by atoms with van der Waals surface area (Å²) in [5.41, 5.74) is 1.17. The second-order valence-corrected chi connectivity index (χ2v) is 2.35. The van der Waals surface area contributed by atoms with Gasteiger partial charge in [0.1, 0.15) is 0 Å². The molecule has 0 heterocycles. The molecule has 2 heteroatoms. The van der Waals surface area contributed by atoms with E-state index in [1.807, 2.05) is 20.8 Å². The normalized spacial score (nSPS) is 7.50. The topological polar surface area (TPSA) is 37.3 Å². The number of allylic oxidation sites excluding steroid dienone is 1. The standard InChI is InChI=1S/C4H8O2.C4H8/c1-2-3-4(5)6;1-4(2)3/h2-3H2,1H3,(H,5,6);1H2,2-3H3. The first-order valence-electron chi connectivity index (χ1n) is 3.34. The molecule has 2 nitrogen and oxygen atoms in total. The van der Waals surface area contributed by atoms with Gasteiger partial charge in [0.25, 0.3) is 0 Å². The van der Waals surface area contributed by atoms with Crippen LogP contribution in [0.5, 0.6) is 0 Å². The van der Waals surface area contributed by atoms with Crippen molar-refractivity contribution in [2.24, 2.45) is 0 Å². The van der Waals surface area contributed by atoms with Gasteiger partial charge in [-0.1, -0.05) is 12.5 Å².